The molecule has 2 atom stereocenters. The third kappa shape index (κ3) is 3.55. The average molecular weight is 452 g/mol. The molecule has 1 aliphatic carbocycles. The molecule has 1 fully saturated rings. The minimum Gasteiger partial charge on any atom is -0.265 e. The van der Waals surface area contributed by atoms with E-state index in [0.717, 1.165) is 16.4 Å². The Bertz CT molecular complexity index is 755. The third-order valence-electron chi connectivity index (χ3n) is 5.58. The molecular formula is C20H24Br2N2. The summed E-state index contributed by atoms with van der Waals surface area (Å²) >= 11 is 7.02. The van der Waals surface area contributed by atoms with Crippen LogP contribution < -0.4 is 0 Å². The molecule has 0 amide bonds. The van der Waals surface area contributed by atoms with E-state index in [1.54, 1.807) is 0 Å². The van der Waals surface area contributed by atoms with Crippen molar-refractivity contribution >= 4 is 31.9 Å². The zero-order valence-electron chi connectivity index (χ0n) is 14.7. The van der Waals surface area contributed by atoms with Gasteiger partial charge in [-0.1, -0.05) is 50.3 Å². The summed E-state index contributed by atoms with van der Waals surface area (Å²) in [7, 11) is 0. The van der Waals surface area contributed by atoms with Crippen molar-refractivity contribution in [1.29, 1.82) is 0 Å². The Balaban J connectivity index is 1.79. The monoisotopic (exact) mass is 450 g/mol. The van der Waals surface area contributed by atoms with E-state index < -0.39 is 0 Å². The first-order valence-electron chi connectivity index (χ1n) is 8.40. The van der Waals surface area contributed by atoms with E-state index in [1.165, 1.54) is 22.5 Å². The van der Waals surface area contributed by atoms with E-state index in [4.69, 9.17) is 5.10 Å². The molecule has 2 aromatic rings. The SMILES string of the molecule is Cc1nn(Cc2ccccc2)c(C)c1C[C@@H]1[C@H](C=C(Br)Br)C1(C)C. The number of aromatic nitrogens is 2. The molecular weight excluding hydrogens is 428 g/mol. The standard InChI is InChI=1S/C20H24Br2N2/c1-13-16(10-17-18(11-19(21)22)20(17,3)4)14(2)24(23-13)12-15-8-6-5-7-9-15/h5-9,11,17-18H,10,12H2,1-4H3/t17-,18+/m1/s1. The van der Waals surface area contributed by atoms with Crippen molar-refractivity contribution in [3.05, 3.63) is 62.3 Å². The molecule has 0 bridgehead atoms. The predicted octanol–water partition coefficient (Wildman–Crippen LogP) is 5.99. The maximum absolute atomic E-state index is 4.80. The molecule has 0 saturated heterocycles. The van der Waals surface area contributed by atoms with E-state index in [1.807, 2.05) is 0 Å². The summed E-state index contributed by atoms with van der Waals surface area (Å²) in [5.41, 5.74) is 5.55. The van der Waals surface area contributed by atoms with Gasteiger partial charge in [0.2, 0.25) is 0 Å². The number of hydrogen-bond acceptors (Lipinski definition) is 1. The topological polar surface area (TPSA) is 17.8 Å². The second-order valence-electron chi connectivity index (χ2n) is 7.41. The molecule has 1 aromatic heterocycles. The van der Waals surface area contributed by atoms with Gasteiger partial charge in [-0.2, -0.15) is 5.10 Å². The Hall–Kier alpha value is -0.870. The molecule has 1 aliphatic rings. The summed E-state index contributed by atoms with van der Waals surface area (Å²) in [6.45, 7) is 9.92. The van der Waals surface area contributed by atoms with Gasteiger partial charge in [0.15, 0.2) is 0 Å². The van der Waals surface area contributed by atoms with Crippen molar-refractivity contribution in [2.45, 2.75) is 40.7 Å². The van der Waals surface area contributed by atoms with Crippen LogP contribution >= 0.6 is 31.9 Å². The average Bonchev–Trinajstić information content (AvgIpc) is 2.90. The fourth-order valence-corrected chi connectivity index (χ4v) is 4.37. The molecule has 1 aromatic carbocycles. The molecule has 3 rings (SSSR count). The molecule has 1 saturated carbocycles. The Kier molecular flexibility index (Phi) is 5.08. The molecule has 0 spiro atoms. The van der Waals surface area contributed by atoms with Crippen LogP contribution in [0.5, 0.6) is 0 Å². The highest BCUT2D eigenvalue weighted by Gasteiger charge is 2.56. The van der Waals surface area contributed by atoms with Gasteiger partial charge < -0.3 is 0 Å². The fraction of sp³-hybridized carbons (Fsp3) is 0.450. The number of hydrogen-bond donors (Lipinski definition) is 0. The van der Waals surface area contributed by atoms with Gasteiger partial charge >= 0.3 is 0 Å². The van der Waals surface area contributed by atoms with E-state index in [0.29, 0.717) is 17.3 Å². The van der Waals surface area contributed by atoms with Crippen LogP contribution in [0.25, 0.3) is 0 Å². The van der Waals surface area contributed by atoms with Crippen molar-refractivity contribution in [2.75, 3.05) is 0 Å². The number of aryl methyl sites for hydroxylation is 1. The van der Waals surface area contributed by atoms with Crippen LogP contribution in [0.15, 0.2) is 39.8 Å². The lowest BCUT2D eigenvalue weighted by Crippen LogP contribution is -2.04. The lowest BCUT2D eigenvalue weighted by Gasteiger charge is -2.06. The smallest absolute Gasteiger partial charge is 0.0662 e. The summed E-state index contributed by atoms with van der Waals surface area (Å²) < 4.78 is 3.21. The van der Waals surface area contributed by atoms with E-state index in [-0.39, 0.29) is 0 Å². The number of rotatable bonds is 5. The maximum Gasteiger partial charge on any atom is 0.0662 e. The summed E-state index contributed by atoms with van der Waals surface area (Å²) in [5, 5.41) is 4.80. The number of benzene rings is 1. The van der Waals surface area contributed by atoms with Crippen LogP contribution in [0.1, 0.15) is 36.4 Å². The molecule has 128 valence electrons. The van der Waals surface area contributed by atoms with E-state index in [2.05, 4.69) is 101 Å². The highest BCUT2D eigenvalue weighted by atomic mass is 79.9. The van der Waals surface area contributed by atoms with Crippen molar-refractivity contribution in [2.24, 2.45) is 17.3 Å². The molecule has 1 heterocycles. The lowest BCUT2D eigenvalue weighted by atomic mass is 10.0. The van der Waals surface area contributed by atoms with Crippen LogP contribution in [-0.2, 0) is 13.0 Å². The number of nitrogens with zero attached hydrogens (tertiary/aromatic N) is 2. The molecule has 0 unspecified atom stereocenters. The second-order valence-corrected chi connectivity index (χ2v) is 10.2. The number of allylic oxidation sites excluding steroid dienone is 1. The first-order valence-corrected chi connectivity index (χ1v) is 9.99. The number of halogens is 2. The van der Waals surface area contributed by atoms with E-state index >= 15 is 0 Å². The van der Waals surface area contributed by atoms with Crippen molar-refractivity contribution in [1.82, 2.24) is 9.78 Å². The minimum absolute atomic E-state index is 0.354. The zero-order chi connectivity index (χ0) is 17.5. The van der Waals surface area contributed by atoms with Crippen LogP contribution in [0, 0.1) is 31.1 Å². The highest BCUT2D eigenvalue weighted by Crippen LogP contribution is 2.61. The van der Waals surface area contributed by atoms with Gasteiger partial charge in [0.1, 0.15) is 0 Å². The normalized spacial score (nSPS) is 21.6. The van der Waals surface area contributed by atoms with Crippen LogP contribution in [0.2, 0.25) is 0 Å². The minimum atomic E-state index is 0.354. The molecule has 4 heteroatoms. The molecule has 0 N–H and O–H groups in total. The largest absolute Gasteiger partial charge is 0.265 e. The Morgan fingerprint density at radius 1 is 1.21 bits per heavy atom. The van der Waals surface area contributed by atoms with Gasteiger partial charge in [0.25, 0.3) is 0 Å². The van der Waals surface area contributed by atoms with Gasteiger partial charge in [-0.25, -0.2) is 0 Å². The maximum atomic E-state index is 4.80. The van der Waals surface area contributed by atoms with Gasteiger partial charge in [-0.15, -0.1) is 0 Å². The molecule has 24 heavy (non-hydrogen) atoms. The van der Waals surface area contributed by atoms with Crippen LogP contribution in [-0.4, -0.2) is 9.78 Å². The third-order valence-corrected chi connectivity index (χ3v) is 6.10. The Morgan fingerprint density at radius 2 is 1.88 bits per heavy atom. The van der Waals surface area contributed by atoms with Crippen molar-refractivity contribution in [3.63, 3.8) is 0 Å². The first-order chi connectivity index (χ1) is 11.3. The summed E-state index contributed by atoms with van der Waals surface area (Å²) in [6.07, 6.45) is 3.40. The molecule has 0 aliphatic heterocycles. The first kappa shape index (κ1) is 17.9. The predicted molar refractivity (Wildman–Crippen MR) is 108 cm³/mol. The zero-order valence-corrected chi connectivity index (χ0v) is 17.9. The van der Waals surface area contributed by atoms with Crippen LogP contribution in [0.3, 0.4) is 0 Å². The molecule has 2 nitrogen and oxygen atoms in total. The van der Waals surface area contributed by atoms with Gasteiger partial charge in [0, 0.05) is 5.69 Å². The van der Waals surface area contributed by atoms with Crippen molar-refractivity contribution in [3.8, 4) is 0 Å². The fourth-order valence-electron chi connectivity index (χ4n) is 3.80. The summed E-state index contributed by atoms with van der Waals surface area (Å²) in [6, 6.07) is 10.6. The van der Waals surface area contributed by atoms with Gasteiger partial charge in [-0.05, 0) is 80.5 Å². The molecule has 0 radical (unpaired) electrons. The Morgan fingerprint density at radius 3 is 2.50 bits per heavy atom. The highest BCUT2D eigenvalue weighted by molar-refractivity contribution is 9.28. The summed E-state index contributed by atoms with van der Waals surface area (Å²) in [5.74, 6) is 1.29. The quantitative estimate of drug-likeness (QED) is 0.545. The van der Waals surface area contributed by atoms with Crippen LogP contribution in [0.4, 0.5) is 0 Å². The van der Waals surface area contributed by atoms with Crippen molar-refractivity contribution < 1.29 is 0 Å². The summed E-state index contributed by atoms with van der Waals surface area (Å²) in [4.78, 5) is 0. The van der Waals surface area contributed by atoms with Gasteiger partial charge in [0.05, 0.1) is 15.6 Å². The lowest BCUT2D eigenvalue weighted by molar-refractivity contribution is 0.548. The second kappa shape index (κ2) is 6.80. The van der Waals surface area contributed by atoms with Gasteiger partial charge in [-0.3, -0.25) is 4.68 Å². The Labute approximate surface area is 161 Å². The van der Waals surface area contributed by atoms with E-state index in [9.17, 15) is 0 Å².